The molecule has 1 aromatic carbocycles. The number of nitrogens with two attached hydrogens (primary N) is 1. The Morgan fingerprint density at radius 3 is 2.73 bits per heavy atom. The first-order valence-electron chi connectivity index (χ1n) is 6.22. The quantitative estimate of drug-likeness (QED) is 0.866. The van der Waals surface area contributed by atoms with E-state index in [0.717, 1.165) is 12.1 Å². The molecule has 1 aromatic heterocycles. The molecule has 116 valence electrons. The molecular weight excluding hydrogens is 304 g/mol. The average molecular weight is 314 g/mol. The lowest BCUT2D eigenvalue weighted by Gasteiger charge is -2.22. The number of alkyl halides is 3. The second-order valence-corrected chi connectivity index (χ2v) is 4.80. The van der Waals surface area contributed by atoms with E-state index in [4.69, 9.17) is 10.5 Å². The number of ether oxygens (including phenoxy) is 2. The van der Waals surface area contributed by atoms with Crippen LogP contribution < -0.4 is 15.2 Å². The van der Waals surface area contributed by atoms with Gasteiger partial charge in [-0.15, -0.1) is 13.2 Å². The highest BCUT2D eigenvalue weighted by Crippen LogP contribution is 2.39. The zero-order valence-corrected chi connectivity index (χ0v) is 11.0. The summed E-state index contributed by atoms with van der Waals surface area (Å²) in [4.78, 5) is 4.12. The molecule has 0 spiro atoms. The van der Waals surface area contributed by atoms with Crippen LogP contribution >= 0.6 is 0 Å². The molecule has 22 heavy (non-hydrogen) atoms. The van der Waals surface area contributed by atoms with Crippen molar-refractivity contribution >= 4 is 0 Å². The Kier molecular flexibility index (Phi) is 3.21. The van der Waals surface area contributed by atoms with Crippen molar-refractivity contribution in [3.05, 3.63) is 53.6 Å². The third-order valence-electron chi connectivity index (χ3n) is 3.32. The number of halogens is 4. The number of hydrogen-bond donors (Lipinski definition) is 1. The lowest BCUT2D eigenvalue weighted by molar-refractivity contribution is -0.275. The molecule has 0 unspecified atom stereocenters. The molecule has 3 rings (SSSR count). The largest absolute Gasteiger partial charge is 0.573 e. The summed E-state index contributed by atoms with van der Waals surface area (Å²) in [6.45, 7) is 0.0122. The third kappa shape index (κ3) is 2.45. The molecular formula is C14H10F4N2O2. The van der Waals surface area contributed by atoms with Gasteiger partial charge in [0, 0.05) is 6.20 Å². The number of pyridine rings is 1. The Morgan fingerprint density at radius 2 is 2.05 bits per heavy atom. The SMILES string of the molecule is N[C@]1(c2ccc(OC(F)(F)F)c(F)c2)COc2cccnc21. The van der Waals surface area contributed by atoms with E-state index in [9.17, 15) is 17.6 Å². The van der Waals surface area contributed by atoms with E-state index in [1.165, 1.54) is 12.3 Å². The van der Waals surface area contributed by atoms with E-state index < -0.39 is 23.5 Å². The number of rotatable bonds is 2. The monoisotopic (exact) mass is 314 g/mol. The van der Waals surface area contributed by atoms with Gasteiger partial charge in [0.05, 0.1) is 0 Å². The van der Waals surface area contributed by atoms with Crippen LogP contribution in [0.4, 0.5) is 17.6 Å². The van der Waals surface area contributed by atoms with E-state index in [0.29, 0.717) is 11.4 Å². The summed E-state index contributed by atoms with van der Waals surface area (Å²) in [6.07, 6.45) is -3.46. The Hall–Kier alpha value is -2.35. The summed E-state index contributed by atoms with van der Waals surface area (Å²) in [5.41, 5.74) is 5.64. The van der Waals surface area contributed by atoms with E-state index in [-0.39, 0.29) is 12.2 Å². The van der Waals surface area contributed by atoms with Gasteiger partial charge in [-0.05, 0) is 29.8 Å². The van der Waals surface area contributed by atoms with Crippen LogP contribution in [0.15, 0.2) is 36.5 Å². The van der Waals surface area contributed by atoms with Gasteiger partial charge >= 0.3 is 6.36 Å². The zero-order valence-electron chi connectivity index (χ0n) is 11.0. The van der Waals surface area contributed by atoms with Gasteiger partial charge in [0.15, 0.2) is 11.6 Å². The third-order valence-corrected chi connectivity index (χ3v) is 3.32. The predicted octanol–water partition coefficient (Wildman–Crippen LogP) is 2.71. The molecule has 2 aromatic rings. The molecule has 0 radical (unpaired) electrons. The molecule has 0 saturated heterocycles. The van der Waals surface area contributed by atoms with E-state index in [1.54, 1.807) is 12.1 Å². The van der Waals surface area contributed by atoms with Crippen molar-refractivity contribution in [3.63, 3.8) is 0 Å². The van der Waals surface area contributed by atoms with Gasteiger partial charge in [-0.2, -0.15) is 0 Å². The van der Waals surface area contributed by atoms with Gasteiger partial charge in [0.25, 0.3) is 0 Å². The smallest absolute Gasteiger partial charge is 0.489 e. The molecule has 2 N–H and O–H groups in total. The highest BCUT2D eigenvalue weighted by Gasteiger charge is 2.41. The van der Waals surface area contributed by atoms with E-state index in [2.05, 4.69) is 9.72 Å². The predicted molar refractivity (Wildman–Crippen MR) is 67.8 cm³/mol. The number of benzene rings is 1. The molecule has 1 atom stereocenters. The Balaban J connectivity index is 1.98. The van der Waals surface area contributed by atoms with Crippen molar-refractivity contribution in [2.24, 2.45) is 5.73 Å². The van der Waals surface area contributed by atoms with Crippen molar-refractivity contribution in [2.45, 2.75) is 11.9 Å². The van der Waals surface area contributed by atoms with Gasteiger partial charge < -0.3 is 15.2 Å². The first kappa shape index (κ1) is 14.6. The minimum absolute atomic E-state index is 0.0122. The van der Waals surface area contributed by atoms with Crippen molar-refractivity contribution in [3.8, 4) is 11.5 Å². The molecule has 0 amide bonds. The summed E-state index contributed by atoms with van der Waals surface area (Å²) >= 11 is 0. The van der Waals surface area contributed by atoms with Gasteiger partial charge in [0.2, 0.25) is 0 Å². The van der Waals surface area contributed by atoms with Crippen molar-refractivity contribution in [1.29, 1.82) is 0 Å². The first-order valence-corrected chi connectivity index (χ1v) is 6.22. The van der Waals surface area contributed by atoms with Crippen LogP contribution in [-0.2, 0) is 5.54 Å². The van der Waals surface area contributed by atoms with Crippen LogP contribution in [0.2, 0.25) is 0 Å². The van der Waals surface area contributed by atoms with Crippen LogP contribution in [0.25, 0.3) is 0 Å². The minimum Gasteiger partial charge on any atom is -0.489 e. The van der Waals surface area contributed by atoms with Crippen LogP contribution in [-0.4, -0.2) is 18.0 Å². The maximum atomic E-state index is 13.8. The topological polar surface area (TPSA) is 57.4 Å². The van der Waals surface area contributed by atoms with Gasteiger partial charge in [0.1, 0.15) is 23.6 Å². The zero-order chi connectivity index (χ0) is 16.0. The van der Waals surface area contributed by atoms with Crippen LogP contribution in [0, 0.1) is 5.82 Å². The summed E-state index contributed by atoms with van der Waals surface area (Å²) in [5, 5.41) is 0. The summed E-state index contributed by atoms with van der Waals surface area (Å²) in [6, 6.07) is 6.36. The molecule has 0 bridgehead atoms. The molecule has 8 heteroatoms. The maximum Gasteiger partial charge on any atom is 0.573 e. The summed E-state index contributed by atoms with van der Waals surface area (Å²) in [7, 11) is 0. The van der Waals surface area contributed by atoms with Crippen molar-refractivity contribution in [2.75, 3.05) is 6.61 Å². The fourth-order valence-electron chi connectivity index (χ4n) is 2.31. The maximum absolute atomic E-state index is 13.8. The van der Waals surface area contributed by atoms with Crippen molar-refractivity contribution in [1.82, 2.24) is 4.98 Å². The van der Waals surface area contributed by atoms with Gasteiger partial charge in [-0.1, -0.05) is 6.07 Å². The van der Waals surface area contributed by atoms with E-state index >= 15 is 0 Å². The number of aromatic nitrogens is 1. The first-order chi connectivity index (χ1) is 10.3. The standard InChI is InChI=1S/C14H10F4N2O2/c15-9-6-8(3-4-10(9)22-14(16,17)18)13(19)7-21-11-2-1-5-20-12(11)13/h1-6H,7,19H2/t13-/m0/s1. The minimum atomic E-state index is -4.96. The lowest BCUT2D eigenvalue weighted by Crippen LogP contribution is -2.40. The number of hydrogen-bond acceptors (Lipinski definition) is 4. The van der Waals surface area contributed by atoms with Crippen LogP contribution in [0.1, 0.15) is 11.3 Å². The Morgan fingerprint density at radius 1 is 1.27 bits per heavy atom. The summed E-state index contributed by atoms with van der Waals surface area (Å²) in [5.74, 6) is -1.62. The van der Waals surface area contributed by atoms with Crippen LogP contribution in [0.3, 0.4) is 0 Å². The molecule has 2 heterocycles. The van der Waals surface area contributed by atoms with Crippen LogP contribution in [0.5, 0.6) is 11.5 Å². The Labute approximate surface area is 122 Å². The molecule has 0 saturated carbocycles. The normalized spacial score (nSPS) is 20.4. The van der Waals surface area contributed by atoms with Gasteiger partial charge in [-0.3, -0.25) is 4.98 Å². The highest BCUT2D eigenvalue weighted by atomic mass is 19.4. The fraction of sp³-hybridized carbons (Fsp3) is 0.214. The second-order valence-electron chi connectivity index (χ2n) is 4.80. The van der Waals surface area contributed by atoms with Crippen molar-refractivity contribution < 1.29 is 27.0 Å². The molecule has 1 aliphatic rings. The number of fused-ring (bicyclic) bond motifs is 1. The lowest BCUT2D eigenvalue weighted by atomic mass is 9.89. The van der Waals surface area contributed by atoms with E-state index in [1.807, 2.05) is 0 Å². The molecule has 0 fully saturated rings. The number of nitrogens with zero attached hydrogens (tertiary/aromatic N) is 1. The molecule has 0 aliphatic carbocycles. The molecule has 4 nitrogen and oxygen atoms in total. The highest BCUT2D eigenvalue weighted by molar-refractivity contribution is 5.47. The fourth-order valence-corrected chi connectivity index (χ4v) is 2.31. The Bertz CT molecular complexity index is 720. The average Bonchev–Trinajstić information content (AvgIpc) is 2.79. The second kappa shape index (κ2) is 4.84. The molecule has 1 aliphatic heterocycles. The summed E-state index contributed by atoms with van der Waals surface area (Å²) < 4.78 is 59.3. The van der Waals surface area contributed by atoms with Gasteiger partial charge in [-0.25, -0.2) is 4.39 Å².